The number of rotatable bonds is 0. The first kappa shape index (κ1) is 11.6. The van der Waals surface area contributed by atoms with E-state index in [0.29, 0.717) is 4.64 Å². The monoisotopic (exact) mass is 238 g/mol. The average Bonchev–Trinajstić information content (AvgIpc) is 2.25. The Kier molecular flexibility index (Phi) is 4.73. The number of pyridine rings is 2. The summed E-state index contributed by atoms with van der Waals surface area (Å²) in [6, 6.07) is 10.8. The number of nitrogens with zero attached hydrogens (tertiary/aromatic N) is 1. The molecular weight excluding hydrogens is 228 g/mol. The fraction of sp³-hybridized carbons (Fsp3) is 0. The van der Waals surface area contributed by atoms with Crippen LogP contribution in [-0.4, -0.2) is 14.9 Å². The zero-order chi connectivity index (χ0) is 11.1. The van der Waals surface area contributed by atoms with Gasteiger partial charge in [0.25, 0.3) is 0 Å². The van der Waals surface area contributed by atoms with Gasteiger partial charge >= 0.3 is 0 Å². The molecule has 15 heavy (non-hydrogen) atoms. The van der Waals surface area contributed by atoms with Crippen LogP contribution in [0.15, 0.2) is 48.8 Å². The van der Waals surface area contributed by atoms with E-state index in [4.69, 9.17) is 17.4 Å². The quantitative estimate of drug-likeness (QED) is 0.547. The molecule has 78 valence electrons. The molecule has 2 N–H and O–H groups in total. The van der Waals surface area contributed by atoms with E-state index in [-0.39, 0.29) is 0 Å². The van der Waals surface area contributed by atoms with Gasteiger partial charge in [-0.25, -0.2) is 0 Å². The van der Waals surface area contributed by atoms with Crippen molar-refractivity contribution in [3.05, 3.63) is 58.1 Å². The molecule has 3 nitrogen and oxygen atoms in total. The lowest BCUT2D eigenvalue weighted by Crippen LogP contribution is -1.89. The summed E-state index contributed by atoms with van der Waals surface area (Å²) in [5.41, 5.74) is 0. The van der Waals surface area contributed by atoms with E-state index in [0.717, 1.165) is 9.37 Å². The highest BCUT2D eigenvalue weighted by atomic mass is 32.1. The minimum Gasteiger partial charge on any atom is -0.428 e. The topological polar surface area (TPSA) is 41.0 Å². The molecule has 0 aliphatic rings. The Hall–Kier alpha value is -1.46. The first-order valence-electron chi connectivity index (χ1n) is 4.21. The molecule has 0 saturated heterocycles. The van der Waals surface area contributed by atoms with Crippen LogP contribution in [0.3, 0.4) is 0 Å². The van der Waals surface area contributed by atoms with Gasteiger partial charge in [-0.2, -0.15) is 4.73 Å². The summed E-state index contributed by atoms with van der Waals surface area (Å²) in [5, 5.41) is 8.73. The molecule has 0 aliphatic carbocycles. The van der Waals surface area contributed by atoms with E-state index < -0.39 is 0 Å². The minimum absolute atomic E-state index is 0.424. The summed E-state index contributed by atoms with van der Waals surface area (Å²) in [4.78, 5) is 2.85. The summed E-state index contributed by atoms with van der Waals surface area (Å²) in [6.45, 7) is 0. The smallest absolute Gasteiger partial charge is 0.142 e. The first-order valence-corrected chi connectivity index (χ1v) is 5.02. The molecule has 2 aromatic heterocycles. The summed E-state index contributed by atoms with van der Waals surface area (Å²) in [7, 11) is 0. The van der Waals surface area contributed by atoms with Crippen LogP contribution in [0.5, 0.6) is 0 Å². The van der Waals surface area contributed by atoms with Crippen molar-refractivity contribution in [2.24, 2.45) is 0 Å². The first-order chi connectivity index (χ1) is 7.20. The molecule has 2 aromatic rings. The Bertz CT molecular complexity index is 501. The Labute approximate surface area is 97.6 Å². The third kappa shape index (κ3) is 4.53. The molecule has 0 spiro atoms. The van der Waals surface area contributed by atoms with Gasteiger partial charge in [0.05, 0.1) is 0 Å². The Balaban J connectivity index is 0.000000151. The normalized spacial score (nSPS) is 8.80. The molecule has 0 radical (unpaired) electrons. The number of hydrogen-bond donors (Lipinski definition) is 2. The van der Waals surface area contributed by atoms with Gasteiger partial charge in [0.2, 0.25) is 0 Å². The molecule has 0 saturated carbocycles. The molecule has 5 heteroatoms. The maximum Gasteiger partial charge on any atom is 0.142 e. The zero-order valence-electron chi connectivity index (χ0n) is 7.83. The van der Waals surface area contributed by atoms with Crippen molar-refractivity contribution in [1.29, 1.82) is 0 Å². The van der Waals surface area contributed by atoms with Gasteiger partial charge in [-0.3, -0.25) is 0 Å². The van der Waals surface area contributed by atoms with Crippen LogP contribution in [0.25, 0.3) is 0 Å². The second-order valence-corrected chi connectivity index (χ2v) is 3.47. The third-order valence-electron chi connectivity index (χ3n) is 1.48. The predicted molar refractivity (Wildman–Crippen MR) is 64.1 cm³/mol. The Morgan fingerprint density at radius 2 is 1.80 bits per heavy atom. The maximum absolute atomic E-state index is 8.73. The predicted octanol–water partition coefficient (Wildman–Crippen LogP) is 3.20. The number of aromatic amines is 1. The van der Waals surface area contributed by atoms with Gasteiger partial charge in [-0.15, -0.1) is 0 Å². The standard InChI is InChI=1S/C5H5NOS.C5H5NS/c7-6-4-2-1-3-5(6)8;7-5-3-1-2-4-6-5/h1-4,7H;1-4H,(H,6,7). The molecule has 2 heterocycles. The van der Waals surface area contributed by atoms with E-state index in [2.05, 4.69) is 17.2 Å². The zero-order valence-corrected chi connectivity index (χ0v) is 9.46. The van der Waals surface area contributed by atoms with E-state index in [1.807, 2.05) is 24.4 Å². The van der Waals surface area contributed by atoms with Crippen LogP contribution in [0.1, 0.15) is 0 Å². The highest BCUT2D eigenvalue weighted by Crippen LogP contribution is 1.86. The molecule has 0 bridgehead atoms. The minimum atomic E-state index is 0.424. The SMILES string of the molecule is On1ccccc1=S.S=c1cccc[nH]1. The lowest BCUT2D eigenvalue weighted by molar-refractivity contribution is 0.180. The Morgan fingerprint density at radius 1 is 1.07 bits per heavy atom. The van der Waals surface area contributed by atoms with Crippen molar-refractivity contribution in [3.63, 3.8) is 0 Å². The van der Waals surface area contributed by atoms with E-state index in [9.17, 15) is 0 Å². The van der Waals surface area contributed by atoms with Crippen molar-refractivity contribution >= 4 is 24.4 Å². The van der Waals surface area contributed by atoms with Crippen LogP contribution >= 0.6 is 24.4 Å². The van der Waals surface area contributed by atoms with Gasteiger partial charge in [0.15, 0.2) is 0 Å². The molecule has 0 aromatic carbocycles. The van der Waals surface area contributed by atoms with Gasteiger partial charge in [0.1, 0.15) is 9.28 Å². The second-order valence-electron chi connectivity index (χ2n) is 2.61. The summed E-state index contributed by atoms with van der Waals surface area (Å²) < 4.78 is 2.10. The Morgan fingerprint density at radius 3 is 2.13 bits per heavy atom. The van der Waals surface area contributed by atoms with Crippen molar-refractivity contribution in [3.8, 4) is 0 Å². The second kappa shape index (κ2) is 6.10. The highest BCUT2D eigenvalue weighted by Gasteiger charge is 1.77. The maximum atomic E-state index is 8.73. The van der Waals surface area contributed by atoms with Crippen LogP contribution in [-0.2, 0) is 0 Å². The van der Waals surface area contributed by atoms with Crippen molar-refractivity contribution < 1.29 is 5.21 Å². The lowest BCUT2D eigenvalue weighted by atomic mass is 10.5. The molecule has 0 aliphatic heterocycles. The fourth-order valence-electron chi connectivity index (χ4n) is 0.796. The molecule has 0 unspecified atom stereocenters. The molecule has 0 fully saturated rings. The molecular formula is C10H10N2OS2. The lowest BCUT2D eigenvalue weighted by Gasteiger charge is -1.90. The third-order valence-corrected chi connectivity index (χ3v) is 2.06. The average molecular weight is 238 g/mol. The van der Waals surface area contributed by atoms with Gasteiger partial charge in [-0.1, -0.05) is 36.6 Å². The fourth-order valence-corrected chi connectivity index (χ4v) is 1.08. The van der Waals surface area contributed by atoms with Crippen LogP contribution in [0, 0.1) is 9.28 Å². The van der Waals surface area contributed by atoms with Crippen LogP contribution in [0.2, 0.25) is 0 Å². The summed E-state index contributed by atoms with van der Waals surface area (Å²) >= 11 is 9.42. The van der Waals surface area contributed by atoms with Crippen molar-refractivity contribution in [1.82, 2.24) is 9.71 Å². The highest BCUT2D eigenvalue weighted by molar-refractivity contribution is 7.71. The van der Waals surface area contributed by atoms with Crippen molar-refractivity contribution in [2.45, 2.75) is 0 Å². The van der Waals surface area contributed by atoms with Crippen LogP contribution < -0.4 is 0 Å². The van der Waals surface area contributed by atoms with Gasteiger partial charge in [-0.05, 0) is 24.3 Å². The van der Waals surface area contributed by atoms with Gasteiger partial charge in [0, 0.05) is 12.4 Å². The number of H-pyrrole nitrogens is 1. The number of hydrogen-bond acceptors (Lipinski definition) is 3. The number of aromatic nitrogens is 2. The molecule has 0 amide bonds. The molecule has 0 atom stereocenters. The van der Waals surface area contributed by atoms with Crippen LogP contribution in [0.4, 0.5) is 0 Å². The van der Waals surface area contributed by atoms with E-state index >= 15 is 0 Å². The molecule has 2 rings (SSSR count). The summed E-state index contributed by atoms with van der Waals surface area (Å²) in [6.07, 6.45) is 3.30. The van der Waals surface area contributed by atoms with Gasteiger partial charge < -0.3 is 10.2 Å². The van der Waals surface area contributed by atoms with E-state index in [1.165, 1.54) is 6.20 Å². The number of nitrogens with one attached hydrogen (secondary N) is 1. The van der Waals surface area contributed by atoms with E-state index in [1.54, 1.807) is 18.2 Å². The summed E-state index contributed by atoms with van der Waals surface area (Å²) in [5.74, 6) is 0. The largest absolute Gasteiger partial charge is 0.428 e. The van der Waals surface area contributed by atoms with Crippen molar-refractivity contribution in [2.75, 3.05) is 0 Å².